The van der Waals surface area contributed by atoms with E-state index in [1.165, 1.54) is 0 Å². The van der Waals surface area contributed by atoms with E-state index in [2.05, 4.69) is 37.4 Å². The number of carbonyl (C=O) groups excluding carboxylic acids is 1. The average molecular weight is 222 g/mol. The van der Waals surface area contributed by atoms with Gasteiger partial charge in [0.15, 0.2) is 6.29 Å². The highest BCUT2D eigenvalue weighted by Crippen LogP contribution is 2.19. The topological polar surface area (TPSA) is 25.2 Å². The predicted molar refractivity (Wildman–Crippen MR) is 67.1 cm³/mol. The summed E-state index contributed by atoms with van der Waals surface area (Å²) in [7, 11) is 4.16. The first kappa shape index (κ1) is 13.0. The van der Waals surface area contributed by atoms with Crippen LogP contribution in [0.4, 0.5) is 0 Å². The number of carbonyl (C=O) groups is 1. The van der Waals surface area contributed by atoms with Crippen molar-refractivity contribution in [1.29, 1.82) is 0 Å². The van der Waals surface area contributed by atoms with E-state index >= 15 is 0 Å². The van der Waals surface area contributed by atoms with Crippen LogP contribution in [0.3, 0.4) is 0 Å². The summed E-state index contributed by atoms with van der Waals surface area (Å²) in [6.07, 6.45) is 0.932. The van der Waals surface area contributed by atoms with Gasteiger partial charge in [-0.05, 0) is 47.9 Å². The van der Waals surface area contributed by atoms with Crippen molar-refractivity contribution < 1.29 is 4.79 Å². The third kappa shape index (κ3) is 2.35. The van der Waals surface area contributed by atoms with Crippen LogP contribution in [0.1, 0.15) is 35.6 Å². The van der Waals surface area contributed by atoms with Crippen LogP contribution < -0.4 is 0 Å². The van der Waals surface area contributed by atoms with Gasteiger partial charge in [-0.25, -0.2) is 0 Å². The van der Waals surface area contributed by atoms with Crippen LogP contribution in [0.2, 0.25) is 0 Å². The first-order valence-corrected chi connectivity index (χ1v) is 5.59. The van der Waals surface area contributed by atoms with Crippen molar-refractivity contribution in [1.82, 2.24) is 9.47 Å². The summed E-state index contributed by atoms with van der Waals surface area (Å²) >= 11 is 0. The number of hydrogen-bond acceptors (Lipinski definition) is 2. The van der Waals surface area contributed by atoms with E-state index in [4.69, 9.17) is 0 Å². The Labute approximate surface area is 98.1 Å². The lowest BCUT2D eigenvalue weighted by atomic mass is 10.0. The first-order chi connectivity index (χ1) is 7.29. The average Bonchev–Trinajstić information content (AvgIpc) is 2.44. The van der Waals surface area contributed by atoms with Gasteiger partial charge in [0, 0.05) is 29.0 Å². The third-order valence-corrected chi connectivity index (χ3v) is 3.50. The van der Waals surface area contributed by atoms with E-state index in [0.29, 0.717) is 0 Å². The molecule has 0 bridgehead atoms. The van der Waals surface area contributed by atoms with Crippen molar-refractivity contribution in [2.75, 3.05) is 14.1 Å². The second-order valence-electron chi connectivity index (χ2n) is 5.24. The van der Waals surface area contributed by atoms with Gasteiger partial charge in [0.05, 0.1) is 0 Å². The molecule has 16 heavy (non-hydrogen) atoms. The highest BCUT2D eigenvalue weighted by atomic mass is 16.1. The van der Waals surface area contributed by atoms with Crippen molar-refractivity contribution >= 4 is 6.29 Å². The molecule has 1 aromatic heterocycles. The molecule has 0 spiro atoms. The SMILES string of the molecule is Cc1cc(C=O)c(C)n1CC(C)(C)N(C)C. The minimum atomic E-state index is 0.0781. The lowest BCUT2D eigenvalue weighted by molar-refractivity contribution is 0.112. The molecule has 1 heterocycles. The van der Waals surface area contributed by atoms with Gasteiger partial charge in [-0.2, -0.15) is 0 Å². The van der Waals surface area contributed by atoms with Gasteiger partial charge in [-0.3, -0.25) is 4.79 Å². The molecule has 0 aromatic carbocycles. The largest absolute Gasteiger partial charge is 0.347 e. The van der Waals surface area contributed by atoms with Crippen molar-refractivity contribution in [3.05, 3.63) is 23.0 Å². The van der Waals surface area contributed by atoms with E-state index in [-0.39, 0.29) is 5.54 Å². The molecule has 0 saturated carbocycles. The number of hydrogen-bond donors (Lipinski definition) is 0. The molecule has 0 radical (unpaired) electrons. The summed E-state index contributed by atoms with van der Waals surface area (Å²) in [5.41, 5.74) is 3.08. The fraction of sp³-hybridized carbons (Fsp3) is 0.615. The molecule has 0 atom stereocenters. The molecule has 3 nitrogen and oxygen atoms in total. The summed E-state index contributed by atoms with van der Waals surface area (Å²) in [4.78, 5) is 13.1. The van der Waals surface area contributed by atoms with Gasteiger partial charge in [0.1, 0.15) is 0 Å². The molecule has 0 saturated heterocycles. The molecule has 1 rings (SSSR count). The highest BCUT2D eigenvalue weighted by molar-refractivity contribution is 5.77. The number of rotatable bonds is 4. The zero-order valence-electron chi connectivity index (χ0n) is 11.2. The third-order valence-electron chi connectivity index (χ3n) is 3.50. The molecule has 3 heteroatoms. The molecule has 0 fully saturated rings. The molecule has 90 valence electrons. The van der Waals surface area contributed by atoms with Crippen LogP contribution >= 0.6 is 0 Å². The van der Waals surface area contributed by atoms with Crippen molar-refractivity contribution in [3.8, 4) is 0 Å². The fourth-order valence-electron chi connectivity index (χ4n) is 1.72. The van der Waals surface area contributed by atoms with Crippen LogP contribution in [0.5, 0.6) is 0 Å². The Morgan fingerprint density at radius 2 is 1.94 bits per heavy atom. The Kier molecular flexibility index (Phi) is 3.58. The predicted octanol–water partition coefficient (Wildman–Crippen LogP) is 2.26. The summed E-state index contributed by atoms with van der Waals surface area (Å²) < 4.78 is 2.21. The molecule has 0 amide bonds. The summed E-state index contributed by atoms with van der Waals surface area (Å²) in [6, 6.07) is 1.95. The molecule has 0 aliphatic rings. The van der Waals surface area contributed by atoms with Gasteiger partial charge in [0.25, 0.3) is 0 Å². The fourth-order valence-corrected chi connectivity index (χ4v) is 1.72. The number of likely N-dealkylation sites (N-methyl/N-ethyl adjacent to an activating group) is 1. The molecule has 0 aliphatic heterocycles. The van der Waals surface area contributed by atoms with Crippen LogP contribution in [-0.4, -0.2) is 35.4 Å². The zero-order chi connectivity index (χ0) is 12.5. The van der Waals surface area contributed by atoms with Crippen LogP contribution in [0.15, 0.2) is 6.07 Å². The molecule has 0 unspecified atom stereocenters. The van der Waals surface area contributed by atoms with Crippen molar-refractivity contribution in [3.63, 3.8) is 0 Å². The van der Waals surface area contributed by atoms with Gasteiger partial charge in [-0.15, -0.1) is 0 Å². The second-order valence-corrected chi connectivity index (χ2v) is 5.24. The monoisotopic (exact) mass is 222 g/mol. The van der Waals surface area contributed by atoms with Crippen LogP contribution in [-0.2, 0) is 6.54 Å². The Bertz CT molecular complexity index is 389. The number of aryl methyl sites for hydroxylation is 1. The van der Waals surface area contributed by atoms with Crippen LogP contribution in [0.25, 0.3) is 0 Å². The minimum absolute atomic E-state index is 0.0781. The smallest absolute Gasteiger partial charge is 0.151 e. The van der Waals surface area contributed by atoms with Gasteiger partial charge in [-0.1, -0.05) is 0 Å². The normalized spacial score (nSPS) is 12.2. The minimum Gasteiger partial charge on any atom is -0.347 e. The quantitative estimate of drug-likeness (QED) is 0.730. The molecule has 0 N–H and O–H groups in total. The number of aldehydes is 1. The Morgan fingerprint density at radius 1 is 1.38 bits per heavy atom. The molecule has 1 aromatic rings. The molecular formula is C13H22N2O. The van der Waals surface area contributed by atoms with Gasteiger partial charge in [0.2, 0.25) is 0 Å². The lowest BCUT2D eigenvalue weighted by Crippen LogP contribution is -2.42. The van der Waals surface area contributed by atoms with E-state index in [1.807, 2.05) is 19.9 Å². The van der Waals surface area contributed by atoms with E-state index < -0.39 is 0 Å². The van der Waals surface area contributed by atoms with E-state index in [0.717, 1.165) is 29.8 Å². The van der Waals surface area contributed by atoms with E-state index in [9.17, 15) is 4.79 Å². The second kappa shape index (κ2) is 4.42. The standard InChI is InChI=1S/C13H22N2O/c1-10-7-12(8-16)11(2)15(10)9-13(3,4)14(5)6/h7-8H,9H2,1-6H3. The maximum atomic E-state index is 10.9. The lowest BCUT2D eigenvalue weighted by Gasteiger charge is -2.34. The summed E-state index contributed by atoms with van der Waals surface area (Å²) in [5.74, 6) is 0. The van der Waals surface area contributed by atoms with Gasteiger partial charge >= 0.3 is 0 Å². The van der Waals surface area contributed by atoms with E-state index in [1.54, 1.807) is 0 Å². The van der Waals surface area contributed by atoms with Crippen molar-refractivity contribution in [2.45, 2.75) is 39.8 Å². The number of aromatic nitrogens is 1. The van der Waals surface area contributed by atoms with Crippen molar-refractivity contribution in [2.24, 2.45) is 0 Å². The maximum absolute atomic E-state index is 10.9. The summed E-state index contributed by atoms with van der Waals surface area (Å²) in [5, 5.41) is 0. The Morgan fingerprint density at radius 3 is 2.31 bits per heavy atom. The zero-order valence-corrected chi connectivity index (χ0v) is 11.2. The Balaban J connectivity index is 3.06. The maximum Gasteiger partial charge on any atom is 0.151 e. The first-order valence-electron chi connectivity index (χ1n) is 5.59. The number of nitrogens with zero attached hydrogens (tertiary/aromatic N) is 2. The highest BCUT2D eigenvalue weighted by Gasteiger charge is 2.23. The van der Waals surface area contributed by atoms with Gasteiger partial charge < -0.3 is 9.47 Å². The molecule has 0 aliphatic carbocycles. The van der Waals surface area contributed by atoms with Crippen LogP contribution in [0, 0.1) is 13.8 Å². The summed E-state index contributed by atoms with van der Waals surface area (Å²) in [6.45, 7) is 9.35. The Hall–Kier alpha value is -1.09. The molecular weight excluding hydrogens is 200 g/mol.